The number of ether oxygens (including phenoxy) is 2. The number of methoxy groups -OCH3 is 2. The van der Waals surface area contributed by atoms with Gasteiger partial charge in [-0.15, -0.1) is 0 Å². The number of hydrogen-bond acceptors (Lipinski definition) is 6. The maximum atomic E-state index is 11.9. The monoisotopic (exact) mass is 264 g/mol. The van der Waals surface area contributed by atoms with E-state index in [4.69, 9.17) is 0 Å². The molecule has 0 aliphatic carbocycles. The third-order valence-electron chi connectivity index (χ3n) is 1.09. The van der Waals surface area contributed by atoms with Gasteiger partial charge in [-0.1, -0.05) is 0 Å². The molecule has 0 aromatic carbocycles. The lowest BCUT2D eigenvalue weighted by molar-refractivity contribution is -0.139. The lowest BCUT2D eigenvalue weighted by Crippen LogP contribution is -2.27. The van der Waals surface area contributed by atoms with Gasteiger partial charge < -0.3 is 13.7 Å². The summed E-state index contributed by atoms with van der Waals surface area (Å²) in [6, 6.07) is 0. The molecule has 6 nitrogen and oxygen atoms in total. The van der Waals surface area contributed by atoms with Crippen molar-refractivity contribution < 1.29 is 40.0 Å². The number of alkyl halides is 3. The Bertz CT molecular complexity index is 382. The van der Waals surface area contributed by atoms with Gasteiger partial charge in [0.25, 0.3) is 5.76 Å². The second-order valence-electron chi connectivity index (χ2n) is 2.19. The van der Waals surface area contributed by atoms with Crippen molar-refractivity contribution in [1.82, 2.24) is 0 Å². The van der Waals surface area contributed by atoms with Crippen LogP contribution in [0.3, 0.4) is 0 Å². The summed E-state index contributed by atoms with van der Waals surface area (Å²) in [6.07, 6.45) is 0.370. The zero-order valence-electron chi connectivity index (χ0n) is 8.07. The molecule has 10 heteroatoms. The van der Waals surface area contributed by atoms with Crippen molar-refractivity contribution >= 4 is 16.1 Å². The van der Waals surface area contributed by atoms with E-state index in [1.54, 1.807) is 0 Å². The molecule has 0 amide bonds. The van der Waals surface area contributed by atoms with Crippen molar-refractivity contribution in [3.63, 3.8) is 0 Å². The Morgan fingerprint density at radius 3 is 2.06 bits per heavy atom. The first kappa shape index (κ1) is 14.6. The van der Waals surface area contributed by atoms with E-state index in [2.05, 4.69) is 13.7 Å². The van der Waals surface area contributed by atoms with E-state index in [0.717, 1.165) is 14.2 Å². The lowest BCUT2D eigenvalue weighted by atomic mass is 10.6. The van der Waals surface area contributed by atoms with Gasteiger partial charge in [0.1, 0.15) is 6.26 Å². The van der Waals surface area contributed by atoms with E-state index >= 15 is 0 Å². The fourth-order valence-electron chi connectivity index (χ4n) is 0.475. The summed E-state index contributed by atoms with van der Waals surface area (Å²) in [7, 11) is -4.12. The van der Waals surface area contributed by atoms with Crippen molar-refractivity contribution in [3.8, 4) is 0 Å². The van der Waals surface area contributed by atoms with E-state index in [0.29, 0.717) is 6.26 Å². The average molecular weight is 264 g/mol. The minimum atomic E-state index is -5.92. The zero-order valence-corrected chi connectivity index (χ0v) is 8.89. The number of carbonyl (C=O) groups is 1. The molecule has 0 aromatic heterocycles. The normalized spacial score (nSPS) is 13.2. The van der Waals surface area contributed by atoms with Crippen LogP contribution in [0.5, 0.6) is 0 Å². The van der Waals surface area contributed by atoms with Crippen LogP contribution in [-0.4, -0.2) is 34.1 Å². The van der Waals surface area contributed by atoms with Crippen LogP contribution in [0.4, 0.5) is 13.2 Å². The van der Waals surface area contributed by atoms with Crippen molar-refractivity contribution in [2.24, 2.45) is 0 Å². The van der Waals surface area contributed by atoms with E-state index in [9.17, 15) is 26.4 Å². The minimum absolute atomic E-state index is 0.370. The first-order chi connectivity index (χ1) is 7.15. The molecule has 0 spiro atoms. The van der Waals surface area contributed by atoms with Crippen LogP contribution in [0.15, 0.2) is 12.0 Å². The van der Waals surface area contributed by atoms with E-state index in [-0.39, 0.29) is 0 Å². The van der Waals surface area contributed by atoms with E-state index in [1.807, 2.05) is 0 Å². The highest BCUT2D eigenvalue weighted by Gasteiger charge is 2.49. The predicted octanol–water partition coefficient (Wildman–Crippen LogP) is 0.513. The second-order valence-corrected chi connectivity index (χ2v) is 3.73. The summed E-state index contributed by atoms with van der Waals surface area (Å²) in [4.78, 5) is 10.8. The molecule has 0 fully saturated rings. The smallest absolute Gasteiger partial charge is 0.500 e. The van der Waals surface area contributed by atoms with Crippen LogP contribution >= 0.6 is 0 Å². The summed E-state index contributed by atoms with van der Waals surface area (Å²) < 4.78 is 68.3. The highest BCUT2D eigenvalue weighted by molar-refractivity contribution is 7.87. The van der Waals surface area contributed by atoms with Gasteiger partial charge in [-0.25, -0.2) is 4.79 Å². The Morgan fingerprint density at radius 1 is 1.25 bits per heavy atom. The molecule has 0 bridgehead atoms. The Hall–Kier alpha value is -1.45. The molecule has 0 heterocycles. The average Bonchev–Trinajstić information content (AvgIpc) is 2.14. The number of carbonyl (C=O) groups excluding carboxylic acids is 1. The van der Waals surface area contributed by atoms with Crippen molar-refractivity contribution in [2.45, 2.75) is 5.51 Å². The molecule has 0 unspecified atom stereocenters. The minimum Gasteiger partial charge on any atom is -0.500 e. The fourth-order valence-corrected chi connectivity index (χ4v) is 0.913. The summed E-state index contributed by atoms with van der Waals surface area (Å²) in [6.45, 7) is 0. The van der Waals surface area contributed by atoms with Crippen molar-refractivity contribution in [3.05, 3.63) is 12.0 Å². The van der Waals surface area contributed by atoms with Gasteiger partial charge in [0, 0.05) is 0 Å². The van der Waals surface area contributed by atoms with Crippen LogP contribution < -0.4 is 0 Å². The molecule has 16 heavy (non-hydrogen) atoms. The first-order valence-electron chi connectivity index (χ1n) is 3.47. The summed E-state index contributed by atoms with van der Waals surface area (Å²) in [5, 5.41) is 0. The highest BCUT2D eigenvalue weighted by atomic mass is 32.2. The number of halogens is 3. The third-order valence-corrected chi connectivity index (χ3v) is 2.06. The number of hydrogen-bond donors (Lipinski definition) is 0. The van der Waals surface area contributed by atoms with Gasteiger partial charge >= 0.3 is 21.6 Å². The Kier molecular flexibility index (Phi) is 4.60. The maximum absolute atomic E-state index is 11.9. The summed E-state index contributed by atoms with van der Waals surface area (Å²) >= 11 is 0. The Balaban J connectivity index is 5.08. The fraction of sp³-hybridized carbons (Fsp3) is 0.500. The topological polar surface area (TPSA) is 78.9 Å². The van der Waals surface area contributed by atoms with Crippen LogP contribution in [0, 0.1) is 0 Å². The van der Waals surface area contributed by atoms with Gasteiger partial charge in [-0.2, -0.15) is 21.6 Å². The van der Waals surface area contributed by atoms with E-state index in [1.165, 1.54) is 0 Å². The SMILES string of the molecule is CO/C=C(\OS(=O)(=O)C(F)(F)F)C(=O)OC. The van der Waals surface area contributed by atoms with Gasteiger partial charge in [0.15, 0.2) is 0 Å². The van der Waals surface area contributed by atoms with Crippen LogP contribution in [0.1, 0.15) is 0 Å². The molecular weight excluding hydrogens is 257 g/mol. The number of rotatable bonds is 4. The molecule has 0 aromatic rings. The van der Waals surface area contributed by atoms with Gasteiger partial charge in [0.05, 0.1) is 14.2 Å². The molecule has 0 saturated carbocycles. The highest BCUT2D eigenvalue weighted by Crippen LogP contribution is 2.26. The van der Waals surface area contributed by atoms with Crippen molar-refractivity contribution in [1.29, 1.82) is 0 Å². The van der Waals surface area contributed by atoms with Gasteiger partial charge in [-0.3, -0.25) is 0 Å². The maximum Gasteiger partial charge on any atom is 0.534 e. The van der Waals surface area contributed by atoms with Gasteiger partial charge in [-0.05, 0) is 0 Å². The lowest BCUT2D eigenvalue weighted by Gasteiger charge is -2.10. The first-order valence-corrected chi connectivity index (χ1v) is 4.88. The number of esters is 1. The third kappa shape index (κ3) is 3.61. The van der Waals surface area contributed by atoms with Crippen LogP contribution in [0.25, 0.3) is 0 Å². The quantitative estimate of drug-likeness (QED) is 0.242. The van der Waals surface area contributed by atoms with Crippen molar-refractivity contribution in [2.75, 3.05) is 14.2 Å². The molecule has 0 aliphatic rings. The largest absolute Gasteiger partial charge is 0.534 e. The van der Waals surface area contributed by atoms with Gasteiger partial charge in [0.2, 0.25) is 0 Å². The molecule has 0 atom stereocenters. The van der Waals surface area contributed by atoms with Crippen LogP contribution in [-0.2, 0) is 28.6 Å². The Morgan fingerprint density at radius 2 is 1.75 bits per heavy atom. The summed E-state index contributed by atoms with van der Waals surface area (Å²) in [5.41, 5.74) is -5.64. The molecular formula is C6H7F3O6S. The second kappa shape index (κ2) is 5.05. The van der Waals surface area contributed by atoms with E-state index < -0.39 is 27.4 Å². The Labute approximate surface area is 88.7 Å². The van der Waals surface area contributed by atoms with Crippen LogP contribution in [0.2, 0.25) is 0 Å². The molecule has 0 saturated heterocycles. The zero-order chi connectivity index (χ0) is 13.0. The predicted molar refractivity (Wildman–Crippen MR) is 43.2 cm³/mol. The molecule has 0 aliphatic heterocycles. The molecule has 0 N–H and O–H groups in total. The molecule has 0 radical (unpaired) electrons. The molecule has 0 rings (SSSR count). The standard InChI is InChI=1S/C6H7F3O6S/c1-13-3-4(5(10)14-2)15-16(11,12)6(7,8)9/h3H,1-2H3/b4-3-. The molecule has 94 valence electrons. The summed E-state index contributed by atoms with van der Waals surface area (Å²) in [5.74, 6) is -2.66.